The lowest BCUT2D eigenvalue weighted by atomic mass is 9.99. The number of Topliss-reactive ketones (excluding diaryl/α,β-unsaturated/α-hetero) is 2. The molecule has 13 nitrogen and oxygen atoms in total. The Labute approximate surface area is 322 Å². The van der Waals surface area contributed by atoms with Crippen LogP contribution in [0.15, 0.2) is 24.3 Å². The summed E-state index contributed by atoms with van der Waals surface area (Å²) in [6.07, 6.45) is 6.53. The number of hydrogen-bond acceptors (Lipinski definition) is 9. The van der Waals surface area contributed by atoms with Crippen LogP contribution in [-0.2, 0) is 35.3 Å². The fraction of sp³-hybridized carbons (Fsp3) is 0.658. The van der Waals surface area contributed by atoms with Crippen molar-refractivity contribution in [1.29, 1.82) is 0 Å². The lowest BCUT2D eigenvalue weighted by Crippen LogP contribution is -2.51. The van der Waals surface area contributed by atoms with Gasteiger partial charge >= 0.3 is 6.03 Å². The highest BCUT2D eigenvalue weighted by molar-refractivity contribution is 8.01. The third kappa shape index (κ3) is 28.3. The SMILES string of the molecule is CCC(C)C(=O)CC(SC(C)C)C(C)=O.CCCNC(N)=O.[B]C(=O)OCc1ccc(NC(=O)CNC(=O)C(NC(=O)CCCCCC)C(C)C)cc1. The summed E-state index contributed by atoms with van der Waals surface area (Å²) in [5.41, 5.74) is 5.98. The average molecular weight is 762 g/mol. The Morgan fingerprint density at radius 3 is 1.92 bits per heavy atom. The van der Waals surface area contributed by atoms with Gasteiger partial charge in [0.2, 0.25) is 31.4 Å². The molecule has 0 saturated heterocycles. The molecule has 53 heavy (non-hydrogen) atoms. The largest absolute Gasteiger partial charge is 0.470 e. The molecule has 3 atom stereocenters. The minimum Gasteiger partial charge on any atom is -0.470 e. The van der Waals surface area contributed by atoms with Crippen LogP contribution in [0.1, 0.15) is 119 Å². The fourth-order valence-corrected chi connectivity index (χ4v) is 5.40. The van der Waals surface area contributed by atoms with Gasteiger partial charge in [-0.15, -0.1) is 11.8 Å². The smallest absolute Gasteiger partial charge is 0.312 e. The van der Waals surface area contributed by atoms with Crippen LogP contribution in [0.3, 0.4) is 0 Å². The number of ether oxygens (including phenoxy) is 1. The number of ketones is 2. The number of thioether (sulfide) groups is 1. The van der Waals surface area contributed by atoms with Crippen molar-refractivity contribution in [3.63, 3.8) is 0 Å². The molecule has 0 aliphatic rings. The molecule has 15 heteroatoms. The molecule has 0 spiro atoms. The van der Waals surface area contributed by atoms with Crippen LogP contribution in [0.5, 0.6) is 0 Å². The predicted molar refractivity (Wildman–Crippen MR) is 214 cm³/mol. The van der Waals surface area contributed by atoms with E-state index in [0.29, 0.717) is 30.3 Å². The van der Waals surface area contributed by atoms with Crippen molar-refractivity contribution < 1.29 is 38.3 Å². The zero-order valence-electron chi connectivity index (χ0n) is 33.3. The van der Waals surface area contributed by atoms with Gasteiger partial charge in [-0.1, -0.05) is 86.8 Å². The Bertz CT molecular complexity index is 1260. The summed E-state index contributed by atoms with van der Waals surface area (Å²) in [4.78, 5) is 80.3. The molecule has 298 valence electrons. The second-order valence-corrected chi connectivity index (χ2v) is 15.0. The van der Waals surface area contributed by atoms with E-state index in [0.717, 1.165) is 44.1 Å². The molecule has 0 saturated carbocycles. The number of nitrogens with two attached hydrogens (primary N) is 1. The van der Waals surface area contributed by atoms with Crippen molar-refractivity contribution in [3.8, 4) is 0 Å². The monoisotopic (exact) mass is 761 g/mol. The van der Waals surface area contributed by atoms with Gasteiger partial charge in [0.25, 0.3) is 0 Å². The van der Waals surface area contributed by atoms with Crippen molar-refractivity contribution in [2.75, 3.05) is 18.4 Å². The fourth-order valence-electron chi connectivity index (χ4n) is 4.29. The topological polar surface area (TPSA) is 203 Å². The molecule has 2 radical (unpaired) electrons. The predicted octanol–water partition coefficient (Wildman–Crippen LogP) is 5.81. The van der Waals surface area contributed by atoms with Crippen molar-refractivity contribution in [3.05, 3.63) is 29.8 Å². The van der Waals surface area contributed by atoms with E-state index >= 15 is 0 Å². The Kier molecular flexibility index (Phi) is 29.6. The van der Waals surface area contributed by atoms with Crippen molar-refractivity contribution in [2.45, 2.75) is 137 Å². The average Bonchev–Trinajstić information content (AvgIpc) is 3.09. The first kappa shape index (κ1) is 51.2. The number of unbranched alkanes of at least 4 members (excludes halogenated alkanes) is 3. The van der Waals surface area contributed by atoms with Crippen LogP contribution in [0.4, 0.5) is 15.3 Å². The maximum atomic E-state index is 12.5. The van der Waals surface area contributed by atoms with E-state index in [1.807, 2.05) is 48.5 Å². The molecule has 3 unspecified atom stereocenters. The molecule has 0 bridgehead atoms. The standard InChI is InChI=1S/C22H32BN3O5.C12H22O2S.C4H10N2O/c1-4-5-6-7-8-18(27)26-20(15(2)3)21(29)24-13-19(28)25-17-11-9-16(10-12-17)14-31-22(23)30;1-6-9(4)11(14)7-12(10(5)13)15-8(2)3;1-2-3-6-4(5)7/h9-12,15,20H,4-8,13-14H2,1-3H3,(H,24,29)(H,25,28)(H,26,27);8-9,12H,6-7H2,1-5H3;2-3H2,1H3,(H3,5,6,7). The summed E-state index contributed by atoms with van der Waals surface area (Å²) >= 11 is 1.59. The molecule has 0 aliphatic heterocycles. The number of primary amides is 1. The molecule has 1 rings (SSSR count). The van der Waals surface area contributed by atoms with Crippen LogP contribution < -0.4 is 27.0 Å². The molecule has 6 N–H and O–H groups in total. The Hall–Kier alpha value is -3.88. The summed E-state index contributed by atoms with van der Waals surface area (Å²) in [5.74, 6) is -1.52. The number of benzene rings is 1. The number of amides is 5. The van der Waals surface area contributed by atoms with Crippen LogP contribution in [0, 0.1) is 11.8 Å². The Morgan fingerprint density at radius 2 is 1.47 bits per heavy atom. The van der Waals surface area contributed by atoms with Gasteiger partial charge < -0.3 is 31.7 Å². The van der Waals surface area contributed by atoms with E-state index in [-0.39, 0.29) is 47.7 Å². The molecule has 5 amide bonds. The maximum absolute atomic E-state index is 12.5. The van der Waals surface area contributed by atoms with Gasteiger partial charge in [0, 0.05) is 31.0 Å². The summed E-state index contributed by atoms with van der Waals surface area (Å²) < 4.78 is 4.69. The van der Waals surface area contributed by atoms with Crippen molar-refractivity contribution in [1.82, 2.24) is 16.0 Å². The van der Waals surface area contributed by atoms with Crippen molar-refractivity contribution >= 4 is 66.5 Å². The summed E-state index contributed by atoms with van der Waals surface area (Å²) in [7, 11) is 4.92. The van der Waals surface area contributed by atoms with E-state index in [9.17, 15) is 33.6 Å². The van der Waals surface area contributed by atoms with Gasteiger partial charge in [-0.05, 0) is 55.1 Å². The lowest BCUT2D eigenvalue weighted by Gasteiger charge is -2.21. The number of rotatable bonds is 22. The molecule has 0 aromatic heterocycles. The molecule has 1 aromatic rings. The van der Waals surface area contributed by atoms with E-state index in [4.69, 9.17) is 13.6 Å². The highest BCUT2D eigenvalue weighted by Crippen LogP contribution is 2.23. The zero-order chi connectivity index (χ0) is 40.9. The first-order valence-corrected chi connectivity index (χ1v) is 19.4. The third-order valence-electron chi connectivity index (χ3n) is 7.55. The highest BCUT2D eigenvalue weighted by atomic mass is 32.2. The first-order chi connectivity index (χ1) is 24.9. The minimum absolute atomic E-state index is 0.0422. The first-order valence-electron chi connectivity index (χ1n) is 18.5. The Balaban J connectivity index is 0. The summed E-state index contributed by atoms with van der Waals surface area (Å²) in [6.45, 7) is 17.8. The molecular weight excluding hydrogens is 697 g/mol. The quantitative estimate of drug-likeness (QED) is 0.0714. The van der Waals surface area contributed by atoms with Gasteiger partial charge in [0.15, 0.2) is 0 Å². The van der Waals surface area contributed by atoms with Crippen LogP contribution >= 0.6 is 11.8 Å². The molecular formula is C38H64BN5O8S. The number of carbonyl (C=O) groups is 7. The summed E-state index contributed by atoms with van der Waals surface area (Å²) in [6, 6.07) is 5.52. The van der Waals surface area contributed by atoms with Crippen molar-refractivity contribution in [2.24, 2.45) is 17.6 Å². The van der Waals surface area contributed by atoms with E-state index in [1.165, 1.54) is 0 Å². The number of nitrogens with one attached hydrogen (secondary N) is 4. The number of urea groups is 1. The molecule has 1 aromatic carbocycles. The van der Waals surface area contributed by atoms with E-state index in [1.54, 1.807) is 43.0 Å². The second-order valence-electron chi connectivity index (χ2n) is 13.2. The van der Waals surface area contributed by atoms with Gasteiger partial charge in [0.05, 0.1) is 11.8 Å². The van der Waals surface area contributed by atoms with Gasteiger partial charge in [-0.3, -0.25) is 28.8 Å². The summed E-state index contributed by atoms with van der Waals surface area (Å²) in [5, 5.41) is 10.7. The van der Waals surface area contributed by atoms with Gasteiger partial charge in [-0.25, -0.2) is 4.79 Å². The third-order valence-corrected chi connectivity index (χ3v) is 8.92. The molecule has 0 fully saturated rings. The number of carbonyl (C=O) groups excluding carboxylic acids is 7. The van der Waals surface area contributed by atoms with E-state index in [2.05, 4.69) is 32.9 Å². The van der Waals surface area contributed by atoms with Crippen LogP contribution in [0.2, 0.25) is 0 Å². The normalized spacial score (nSPS) is 12.1. The number of anilines is 1. The van der Waals surface area contributed by atoms with Crippen LogP contribution in [0.25, 0.3) is 0 Å². The number of hydrogen-bond donors (Lipinski definition) is 5. The van der Waals surface area contributed by atoms with Crippen LogP contribution in [-0.4, -0.2) is 78.7 Å². The van der Waals surface area contributed by atoms with Gasteiger partial charge in [0.1, 0.15) is 24.2 Å². The highest BCUT2D eigenvalue weighted by Gasteiger charge is 2.25. The molecule has 0 aliphatic carbocycles. The van der Waals surface area contributed by atoms with E-state index < -0.39 is 29.8 Å². The molecule has 0 heterocycles. The maximum Gasteiger partial charge on any atom is 0.312 e. The van der Waals surface area contributed by atoms with Gasteiger partial charge in [-0.2, -0.15) is 0 Å². The minimum atomic E-state index is -0.861. The lowest BCUT2D eigenvalue weighted by molar-refractivity contribution is -0.130. The zero-order valence-corrected chi connectivity index (χ0v) is 34.1. The Morgan fingerprint density at radius 1 is 0.849 bits per heavy atom. The second kappa shape index (κ2) is 30.6.